The Balaban J connectivity index is 2.62. The van der Waals surface area contributed by atoms with Crippen molar-refractivity contribution in [2.45, 2.75) is 12.8 Å². The van der Waals surface area contributed by atoms with Crippen LogP contribution in [0.4, 0.5) is 5.69 Å². The van der Waals surface area contributed by atoms with E-state index in [1.165, 1.54) is 7.11 Å². The molecule has 2 rings (SSSR count). The lowest BCUT2D eigenvalue weighted by Gasteiger charge is -2.21. The molecule has 8 heteroatoms. The van der Waals surface area contributed by atoms with Crippen LogP contribution >= 0.6 is 0 Å². The van der Waals surface area contributed by atoms with Crippen molar-refractivity contribution in [3.8, 4) is 17.6 Å². The first-order valence-electron chi connectivity index (χ1n) is 6.61. The predicted octanol–water partition coefficient (Wildman–Crippen LogP) is 1.79. The highest BCUT2D eigenvalue weighted by molar-refractivity contribution is 6.05. The fraction of sp³-hybridized carbons (Fsp3) is 0.429. The lowest BCUT2D eigenvalue weighted by Crippen LogP contribution is -2.25. The highest BCUT2D eigenvalue weighted by atomic mass is 16.6. The normalized spacial score (nSPS) is 15.1. The summed E-state index contributed by atoms with van der Waals surface area (Å²) < 4.78 is 9.98. The molecule has 1 aliphatic rings. The van der Waals surface area contributed by atoms with Gasteiger partial charge in [-0.1, -0.05) is 0 Å². The maximum Gasteiger partial charge on any atom is 0.326 e. The van der Waals surface area contributed by atoms with Crippen LogP contribution in [0, 0.1) is 27.4 Å². The van der Waals surface area contributed by atoms with Crippen LogP contribution < -0.4 is 4.74 Å². The van der Waals surface area contributed by atoms with E-state index < -0.39 is 28.1 Å². The number of nitro benzene ring substituents is 1. The maximum absolute atomic E-state index is 12.6. The van der Waals surface area contributed by atoms with Gasteiger partial charge >= 0.3 is 5.69 Å². The Bertz CT molecular complexity index is 658. The van der Waals surface area contributed by atoms with E-state index in [4.69, 9.17) is 9.47 Å². The number of Topliss-reactive ketones (excluding diaryl/α,β-unsaturated/α-hetero) is 1. The molecule has 1 aromatic carbocycles. The van der Waals surface area contributed by atoms with Crippen molar-refractivity contribution in [3.05, 3.63) is 27.3 Å². The van der Waals surface area contributed by atoms with E-state index in [-0.39, 0.29) is 16.9 Å². The van der Waals surface area contributed by atoms with Crippen LogP contribution in [0.2, 0.25) is 0 Å². The maximum atomic E-state index is 12.6. The number of rotatable bonds is 4. The van der Waals surface area contributed by atoms with Gasteiger partial charge in [0, 0.05) is 25.2 Å². The van der Waals surface area contributed by atoms with Gasteiger partial charge in [-0.15, -0.1) is 0 Å². The molecule has 0 amide bonds. The molecule has 0 radical (unpaired) electrons. The van der Waals surface area contributed by atoms with Gasteiger partial charge in [-0.05, 0) is 12.8 Å². The van der Waals surface area contributed by atoms with Crippen LogP contribution in [-0.4, -0.2) is 36.1 Å². The molecule has 0 saturated carbocycles. The Labute approximate surface area is 126 Å². The second kappa shape index (κ2) is 6.41. The van der Waals surface area contributed by atoms with Crippen molar-refractivity contribution < 1.29 is 24.3 Å². The van der Waals surface area contributed by atoms with E-state index in [2.05, 4.69) is 0 Å². The van der Waals surface area contributed by atoms with Gasteiger partial charge in [0.1, 0.15) is 11.6 Å². The molecule has 0 aliphatic carbocycles. The average Bonchev–Trinajstić information content (AvgIpc) is 2.54. The summed E-state index contributed by atoms with van der Waals surface area (Å²) in [5.41, 5.74) is -1.33. The molecule has 0 unspecified atom stereocenters. The number of benzene rings is 1. The van der Waals surface area contributed by atoms with Gasteiger partial charge in [-0.3, -0.25) is 14.9 Å². The Morgan fingerprint density at radius 3 is 2.68 bits per heavy atom. The number of carbonyl (C=O) groups is 1. The topological polar surface area (TPSA) is 123 Å². The standard InChI is InChI=1S/C14H14N2O6/c1-21-10-6-9(7-15)11(12(14(10)18)16(19)20)13(17)8-2-4-22-5-3-8/h6,8,18H,2-5H2,1H3. The number of nitrogens with zero attached hydrogens (tertiary/aromatic N) is 2. The summed E-state index contributed by atoms with van der Waals surface area (Å²) in [5, 5.41) is 30.4. The van der Waals surface area contributed by atoms with Gasteiger partial charge in [0.2, 0.25) is 5.75 Å². The first-order valence-corrected chi connectivity index (χ1v) is 6.61. The number of carbonyl (C=O) groups excluding carboxylic acids is 1. The minimum absolute atomic E-state index is 0.183. The molecule has 1 aromatic rings. The molecule has 1 fully saturated rings. The molecular weight excluding hydrogens is 292 g/mol. The molecule has 1 saturated heterocycles. The third-order valence-electron chi connectivity index (χ3n) is 3.60. The summed E-state index contributed by atoms with van der Waals surface area (Å²) in [5.74, 6) is -1.95. The van der Waals surface area contributed by atoms with Crippen LogP contribution in [0.1, 0.15) is 28.8 Å². The minimum atomic E-state index is -0.870. The first kappa shape index (κ1) is 15.7. The molecule has 1 heterocycles. The molecule has 116 valence electrons. The largest absolute Gasteiger partial charge is 0.499 e. The highest BCUT2D eigenvalue weighted by Gasteiger charge is 2.35. The van der Waals surface area contributed by atoms with Crippen molar-refractivity contribution in [1.29, 1.82) is 5.26 Å². The fourth-order valence-corrected chi connectivity index (χ4v) is 2.47. The van der Waals surface area contributed by atoms with E-state index in [1.807, 2.05) is 0 Å². The number of phenolic OH excluding ortho intramolecular Hbond substituents is 1. The van der Waals surface area contributed by atoms with Gasteiger partial charge < -0.3 is 14.6 Å². The van der Waals surface area contributed by atoms with Gasteiger partial charge in [-0.2, -0.15) is 5.26 Å². The van der Waals surface area contributed by atoms with Crippen molar-refractivity contribution in [2.24, 2.45) is 5.92 Å². The Kier molecular flexibility index (Phi) is 4.58. The van der Waals surface area contributed by atoms with Crippen molar-refractivity contribution in [1.82, 2.24) is 0 Å². The zero-order valence-corrected chi connectivity index (χ0v) is 11.9. The number of ketones is 1. The first-order chi connectivity index (χ1) is 10.5. The van der Waals surface area contributed by atoms with Crippen LogP contribution in [0.5, 0.6) is 11.5 Å². The van der Waals surface area contributed by atoms with Gasteiger partial charge in [0.05, 0.1) is 17.6 Å². The molecule has 0 atom stereocenters. The molecule has 0 bridgehead atoms. The summed E-state index contributed by atoms with van der Waals surface area (Å²) in [4.78, 5) is 23.0. The van der Waals surface area contributed by atoms with E-state index in [0.717, 1.165) is 6.07 Å². The van der Waals surface area contributed by atoms with E-state index in [9.17, 15) is 25.3 Å². The van der Waals surface area contributed by atoms with Gasteiger partial charge in [0.25, 0.3) is 0 Å². The Morgan fingerprint density at radius 2 is 2.18 bits per heavy atom. The summed E-state index contributed by atoms with van der Waals surface area (Å²) in [6, 6.07) is 2.90. The minimum Gasteiger partial charge on any atom is -0.499 e. The summed E-state index contributed by atoms with van der Waals surface area (Å²) in [7, 11) is 1.21. The van der Waals surface area contributed by atoms with Crippen LogP contribution in [-0.2, 0) is 4.74 Å². The monoisotopic (exact) mass is 306 g/mol. The number of nitriles is 1. The van der Waals surface area contributed by atoms with Crippen LogP contribution in [0.15, 0.2) is 6.07 Å². The zero-order chi connectivity index (χ0) is 16.3. The number of aromatic hydroxyl groups is 1. The average molecular weight is 306 g/mol. The van der Waals surface area contributed by atoms with Crippen molar-refractivity contribution in [3.63, 3.8) is 0 Å². The summed E-state index contributed by atoms with van der Waals surface area (Å²) in [6.45, 7) is 0.766. The number of hydrogen-bond donors (Lipinski definition) is 1. The molecule has 1 aliphatic heterocycles. The van der Waals surface area contributed by atoms with E-state index in [0.29, 0.717) is 26.1 Å². The lowest BCUT2D eigenvalue weighted by molar-refractivity contribution is -0.386. The SMILES string of the molecule is COc1cc(C#N)c(C(=O)C2CCOCC2)c([N+](=O)[O-])c1O. The summed E-state index contributed by atoms with van der Waals surface area (Å²) >= 11 is 0. The number of nitro groups is 1. The Hall–Kier alpha value is -2.66. The zero-order valence-electron chi connectivity index (χ0n) is 11.9. The molecule has 0 spiro atoms. The molecule has 0 aromatic heterocycles. The second-order valence-corrected chi connectivity index (χ2v) is 4.82. The quantitative estimate of drug-likeness (QED) is 0.511. The summed E-state index contributed by atoms with van der Waals surface area (Å²) in [6.07, 6.45) is 0.849. The molecule has 22 heavy (non-hydrogen) atoms. The molecule has 1 N–H and O–H groups in total. The van der Waals surface area contributed by atoms with Crippen molar-refractivity contribution in [2.75, 3.05) is 20.3 Å². The number of hydrogen-bond acceptors (Lipinski definition) is 7. The second-order valence-electron chi connectivity index (χ2n) is 4.82. The predicted molar refractivity (Wildman–Crippen MR) is 73.9 cm³/mol. The molecular formula is C14H14N2O6. The fourth-order valence-electron chi connectivity index (χ4n) is 2.47. The number of ether oxygens (including phenoxy) is 2. The Morgan fingerprint density at radius 1 is 1.55 bits per heavy atom. The van der Waals surface area contributed by atoms with Crippen LogP contribution in [0.25, 0.3) is 0 Å². The van der Waals surface area contributed by atoms with Crippen LogP contribution in [0.3, 0.4) is 0 Å². The number of methoxy groups -OCH3 is 1. The van der Waals surface area contributed by atoms with E-state index in [1.54, 1.807) is 6.07 Å². The smallest absolute Gasteiger partial charge is 0.326 e. The van der Waals surface area contributed by atoms with Crippen molar-refractivity contribution >= 4 is 11.5 Å². The van der Waals surface area contributed by atoms with E-state index >= 15 is 0 Å². The highest BCUT2D eigenvalue weighted by Crippen LogP contribution is 2.42. The lowest BCUT2D eigenvalue weighted by atomic mass is 9.87. The number of phenols is 1. The van der Waals surface area contributed by atoms with Gasteiger partial charge in [0.15, 0.2) is 11.5 Å². The third-order valence-corrected chi connectivity index (χ3v) is 3.60. The van der Waals surface area contributed by atoms with Gasteiger partial charge in [-0.25, -0.2) is 0 Å². The molecule has 8 nitrogen and oxygen atoms in total. The third kappa shape index (κ3) is 2.71.